The summed E-state index contributed by atoms with van der Waals surface area (Å²) in [5.74, 6) is -1.52. The van der Waals surface area contributed by atoms with Crippen LogP contribution in [-0.2, 0) is 9.59 Å². The highest BCUT2D eigenvalue weighted by molar-refractivity contribution is 6.23. The maximum atomic E-state index is 13.7. The Hall–Kier alpha value is -4.05. The average molecular weight is 446 g/mol. The van der Waals surface area contributed by atoms with E-state index in [0.717, 1.165) is 22.3 Å². The first kappa shape index (κ1) is 20.5. The third-order valence-corrected chi connectivity index (χ3v) is 7.34. The van der Waals surface area contributed by atoms with Gasteiger partial charge in [0.1, 0.15) is 0 Å². The van der Waals surface area contributed by atoms with E-state index in [0.29, 0.717) is 11.3 Å². The summed E-state index contributed by atoms with van der Waals surface area (Å²) >= 11 is 0. The number of hydrogen-bond donors (Lipinski definition) is 0. The number of Topliss-reactive ketones (excluding diaryl/α,β-unsaturated/α-hetero) is 1. The van der Waals surface area contributed by atoms with E-state index < -0.39 is 11.8 Å². The van der Waals surface area contributed by atoms with Gasteiger partial charge in [-0.3, -0.25) is 14.4 Å². The molecule has 3 aromatic rings. The molecule has 1 saturated heterocycles. The molecule has 6 rings (SSSR count). The number of benzene rings is 3. The van der Waals surface area contributed by atoms with Crippen molar-refractivity contribution in [2.75, 3.05) is 4.90 Å². The van der Waals surface area contributed by atoms with Gasteiger partial charge in [0.05, 0.1) is 17.5 Å². The molecule has 4 heteroatoms. The van der Waals surface area contributed by atoms with Gasteiger partial charge in [0.15, 0.2) is 5.78 Å². The Kier molecular flexibility index (Phi) is 4.70. The Bertz CT molecular complexity index is 1310. The highest BCUT2D eigenvalue weighted by Gasteiger charge is 2.62. The Balaban J connectivity index is 1.47. The number of hydrogen-bond acceptors (Lipinski definition) is 3. The lowest BCUT2D eigenvalue weighted by Crippen LogP contribution is -2.33. The first-order valence-electron chi connectivity index (χ1n) is 11.6. The molecule has 1 saturated carbocycles. The molecule has 166 valence electrons. The van der Waals surface area contributed by atoms with Gasteiger partial charge in [0.2, 0.25) is 11.8 Å². The Morgan fingerprint density at radius 2 is 1.18 bits per heavy atom. The summed E-state index contributed by atoms with van der Waals surface area (Å²) in [7, 11) is 0. The van der Waals surface area contributed by atoms with E-state index in [4.69, 9.17) is 0 Å². The zero-order valence-electron chi connectivity index (χ0n) is 18.7. The summed E-state index contributed by atoms with van der Waals surface area (Å²) in [5.41, 5.74) is 5.43. The van der Waals surface area contributed by atoms with Crippen molar-refractivity contribution in [3.63, 3.8) is 0 Å². The number of amides is 2. The minimum absolute atomic E-state index is 0.0940. The van der Waals surface area contributed by atoms with Crippen LogP contribution in [-0.4, -0.2) is 17.6 Å². The standard InChI is InChI=1S/C30H23NO3/c1-18(32)21-13-8-14-22(17-21)31-29(33)27-23-15-16-24(28(27)30(31)34)26(23)25(19-9-4-2-5-10-19)20-11-6-3-7-12-20/h2-17,23-24,27-28H,1H3/t23-,24+,27-,28+. The van der Waals surface area contributed by atoms with E-state index in [1.165, 1.54) is 11.8 Å². The molecule has 0 spiro atoms. The molecule has 2 amide bonds. The normalized spacial score (nSPS) is 24.6. The molecule has 2 aliphatic carbocycles. The van der Waals surface area contributed by atoms with E-state index in [1.807, 2.05) is 36.4 Å². The zero-order chi connectivity index (χ0) is 23.4. The van der Waals surface area contributed by atoms with Crippen LogP contribution in [0.3, 0.4) is 0 Å². The molecule has 1 aliphatic heterocycles. The van der Waals surface area contributed by atoms with Gasteiger partial charge >= 0.3 is 0 Å². The molecule has 4 nitrogen and oxygen atoms in total. The summed E-state index contributed by atoms with van der Waals surface area (Å²) < 4.78 is 0. The molecule has 0 N–H and O–H groups in total. The van der Waals surface area contributed by atoms with Crippen LogP contribution >= 0.6 is 0 Å². The van der Waals surface area contributed by atoms with Crippen molar-refractivity contribution in [2.24, 2.45) is 23.7 Å². The number of rotatable bonds is 4. The number of anilines is 1. The molecule has 3 aliphatic rings. The van der Waals surface area contributed by atoms with Gasteiger partial charge in [0, 0.05) is 17.4 Å². The monoisotopic (exact) mass is 445 g/mol. The van der Waals surface area contributed by atoms with Gasteiger partial charge in [-0.05, 0) is 41.3 Å². The third kappa shape index (κ3) is 2.95. The molecular weight excluding hydrogens is 422 g/mol. The van der Waals surface area contributed by atoms with Gasteiger partial charge in [-0.2, -0.15) is 0 Å². The second-order valence-electron chi connectivity index (χ2n) is 9.17. The van der Waals surface area contributed by atoms with Gasteiger partial charge in [-0.1, -0.05) is 84.9 Å². The topological polar surface area (TPSA) is 54.5 Å². The minimum atomic E-state index is -0.416. The molecule has 34 heavy (non-hydrogen) atoms. The van der Waals surface area contributed by atoms with Crippen LogP contribution in [0.4, 0.5) is 5.69 Å². The van der Waals surface area contributed by atoms with Crippen LogP contribution in [0.5, 0.6) is 0 Å². The largest absolute Gasteiger partial charge is 0.295 e. The third-order valence-electron chi connectivity index (χ3n) is 7.34. The molecule has 2 fully saturated rings. The summed E-state index contributed by atoms with van der Waals surface area (Å²) in [6.07, 6.45) is 4.21. The highest BCUT2D eigenvalue weighted by atomic mass is 16.2. The Morgan fingerprint density at radius 1 is 0.676 bits per heavy atom. The number of nitrogens with zero attached hydrogens (tertiary/aromatic N) is 1. The first-order valence-corrected chi connectivity index (χ1v) is 11.6. The van der Waals surface area contributed by atoms with Crippen LogP contribution in [0.15, 0.2) is 103 Å². The molecule has 0 radical (unpaired) electrons. The Morgan fingerprint density at radius 3 is 1.68 bits per heavy atom. The number of allylic oxidation sites excluding steroid dienone is 3. The molecule has 2 bridgehead atoms. The van der Waals surface area contributed by atoms with Gasteiger partial charge in [-0.15, -0.1) is 0 Å². The van der Waals surface area contributed by atoms with Crippen LogP contribution in [0.1, 0.15) is 28.4 Å². The summed E-state index contributed by atoms with van der Waals surface area (Å²) in [6.45, 7) is 1.48. The molecule has 3 aromatic carbocycles. The number of carbonyl (C=O) groups excluding carboxylic acids is 3. The first-order chi connectivity index (χ1) is 16.6. The van der Waals surface area contributed by atoms with Gasteiger partial charge in [-0.25, -0.2) is 4.90 Å². The fourth-order valence-electron chi connectivity index (χ4n) is 5.92. The molecule has 1 heterocycles. The predicted molar refractivity (Wildman–Crippen MR) is 131 cm³/mol. The van der Waals surface area contributed by atoms with Crippen LogP contribution in [0, 0.1) is 23.7 Å². The fraction of sp³-hybridized carbons (Fsp3) is 0.167. The predicted octanol–water partition coefficient (Wildman–Crippen LogP) is 5.31. The summed E-state index contributed by atoms with van der Waals surface area (Å²) in [6, 6.07) is 27.2. The van der Waals surface area contributed by atoms with E-state index in [-0.39, 0.29) is 29.4 Å². The molecule has 4 atom stereocenters. The average Bonchev–Trinajstić information content (AvgIpc) is 3.50. The second kappa shape index (κ2) is 7.77. The molecule has 0 unspecified atom stereocenters. The van der Waals surface area contributed by atoms with Crippen molar-refractivity contribution in [1.82, 2.24) is 0 Å². The van der Waals surface area contributed by atoms with Crippen molar-refractivity contribution in [2.45, 2.75) is 6.92 Å². The SMILES string of the molecule is CC(=O)c1cccc(N2C(=O)[C@@H]3[C@H](C2=O)[C@@H]2C=C[C@H]3C2=C(c2ccccc2)c2ccccc2)c1. The van der Waals surface area contributed by atoms with E-state index in [9.17, 15) is 14.4 Å². The molecule has 0 aromatic heterocycles. The lowest BCUT2D eigenvalue weighted by atomic mass is 9.85. The number of ketones is 1. The van der Waals surface area contributed by atoms with Crippen molar-refractivity contribution in [3.05, 3.63) is 119 Å². The van der Waals surface area contributed by atoms with Crippen LogP contribution in [0.25, 0.3) is 5.57 Å². The van der Waals surface area contributed by atoms with Gasteiger partial charge in [0.25, 0.3) is 0 Å². The molecular formula is C30H23NO3. The number of carbonyl (C=O) groups is 3. The zero-order valence-corrected chi connectivity index (χ0v) is 18.7. The van der Waals surface area contributed by atoms with Crippen molar-refractivity contribution in [1.29, 1.82) is 0 Å². The van der Waals surface area contributed by atoms with Crippen molar-refractivity contribution in [3.8, 4) is 0 Å². The van der Waals surface area contributed by atoms with Gasteiger partial charge < -0.3 is 0 Å². The maximum absolute atomic E-state index is 13.7. The lowest BCUT2D eigenvalue weighted by molar-refractivity contribution is -0.122. The van der Waals surface area contributed by atoms with Crippen LogP contribution < -0.4 is 4.90 Å². The summed E-state index contributed by atoms with van der Waals surface area (Å²) in [4.78, 5) is 40.5. The summed E-state index contributed by atoms with van der Waals surface area (Å²) in [5, 5.41) is 0. The van der Waals surface area contributed by atoms with Crippen molar-refractivity contribution >= 4 is 28.9 Å². The van der Waals surface area contributed by atoms with E-state index in [1.54, 1.807) is 24.3 Å². The minimum Gasteiger partial charge on any atom is -0.295 e. The second-order valence-corrected chi connectivity index (χ2v) is 9.17. The number of fused-ring (bicyclic) bond motifs is 5. The Labute approximate surface area is 198 Å². The smallest absolute Gasteiger partial charge is 0.238 e. The maximum Gasteiger partial charge on any atom is 0.238 e. The van der Waals surface area contributed by atoms with E-state index >= 15 is 0 Å². The highest BCUT2D eigenvalue weighted by Crippen LogP contribution is 2.58. The number of imide groups is 1. The quantitative estimate of drug-likeness (QED) is 0.311. The van der Waals surface area contributed by atoms with Crippen molar-refractivity contribution < 1.29 is 14.4 Å². The lowest BCUT2D eigenvalue weighted by Gasteiger charge is -2.22. The fourth-order valence-corrected chi connectivity index (χ4v) is 5.92. The van der Waals surface area contributed by atoms with E-state index in [2.05, 4.69) is 36.4 Å². The van der Waals surface area contributed by atoms with Crippen LogP contribution in [0.2, 0.25) is 0 Å².